The first-order valence-corrected chi connectivity index (χ1v) is 22.3. The van der Waals surface area contributed by atoms with Crippen molar-refractivity contribution in [2.45, 2.75) is 28.5 Å². The fourth-order valence-corrected chi connectivity index (χ4v) is 8.85. The van der Waals surface area contributed by atoms with Crippen LogP contribution in [0.15, 0.2) is 146 Å². The second-order valence-electron chi connectivity index (χ2n) is 14.0. The Balaban J connectivity index is 0.000000199. The SMILES string of the molecule is CN=Nc1ccc(-n2nc3ccc4cc(C)ccc4c3n2)cc1.Cc1ccc(C=Cc2ccc(-n3nc4cc(SOOO)c5ccccc5c4n3)cc2S(=O)(=O)O)c(S(=O)(=O)O)c1. The van der Waals surface area contributed by atoms with Gasteiger partial charge in [-0.05, 0) is 90.5 Å². The second kappa shape index (κ2) is 17.6. The smallest absolute Gasteiger partial charge is 0.282 e. The molecule has 9 aromatic rings. The van der Waals surface area contributed by atoms with Gasteiger partial charge in [0.05, 0.1) is 29.1 Å². The molecule has 0 fully saturated rings. The minimum atomic E-state index is -4.74. The summed E-state index contributed by atoms with van der Waals surface area (Å²) in [6.45, 7) is 3.75. The molecule has 0 amide bonds. The van der Waals surface area contributed by atoms with E-state index in [0.29, 0.717) is 26.9 Å². The second-order valence-corrected chi connectivity index (χ2v) is 17.5. The molecule has 0 aliphatic rings. The molecule has 2 heterocycles. The number of rotatable bonds is 10. The van der Waals surface area contributed by atoms with Crippen molar-refractivity contribution in [1.29, 1.82) is 0 Å². The molecular formula is C43H34N8O9S3. The quantitative estimate of drug-likeness (QED) is 0.0290. The van der Waals surface area contributed by atoms with Crippen molar-refractivity contribution < 1.29 is 40.6 Å². The van der Waals surface area contributed by atoms with Crippen LogP contribution >= 0.6 is 12.0 Å². The Morgan fingerprint density at radius 3 is 1.89 bits per heavy atom. The van der Waals surface area contributed by atoms with Crippen molar-refractivity contribution in [3.63, 3.8) is 0 Å². The van der Waals surface area contributed by atoms with E-state index in [-0.39, 0.29) is 21.7 Å². The summed E-state index contributed by atoms with van der Waals surface area (Å²) in [6.07, 6.45) is 2.62. The van der Waals surface area contributed by atoms with Crippen LogP contribution in [0, 0.1) is 13.8 Å². The molecule has 0 aliphatic carbocycles. The van der Waals surface area contributed by atoms with E-state index in [4.69, 9.17) is 5.26 Å². The molecular weight excluding hydrogens is 869 g/mol. The van der Waals surface area contributed by atoms with Crippen LogP contribution in [0.5, 0.6) is 0 Å². The van der Waals surface area contributed by atoms with E-state index >= 15 is 0 Å². The molecule has 17 nitrogen and oxygen atoms in total. The third-order valence-electron chi connectivity index (χ3n) is 9.72. The molecule has 0 unspecified atom stereocenters. The summed E-state index contributed by atoms with van der Waals surface area (Å²) in [7, 11) is -7.63. The maximum Gasteiger partial charge on any atom is 0.295 e. The topological polar surface area (TPSA) is 234 Å². The summed E-state index contributed by atoms with van der Waals surface area (Å²) in [6, 6.07) is 35.5. The Hall–Kier alpha value is -6.75. The number of hydrogen-bond donors (Lipinski definition) is 3. The van der Waals surface area contributed by atoms with Crippen LogP contribution in [-0.2, 0) is 29.6 Å². The monoisotopic (exact) mass is 902 g/mol. The van der Waals surface area contributed by atoms with Crippen LogP contribution in [0.1, 0.15) is 22.3 Å². The van der Waals surface area contributed by atoms with Crippen molar-refractivity contribution in [2.75, 3.05) is 7.05 Å². The van der Waals surface area contributed by atoms with Crippen molar-refractivity contribution >= 4 is 93.7 Å². The maximum absolute atomic E-state index is 12.3. The molecule has 0 spiro atoms. The summed E-state index contributed by atoms with van der Waals surface area (Å²) < 4.78 is 72.4. The highest BCUT2D eigenvalue weighted by molar-refractivity contribution is 7.94. The fraction of sp³-hybridized carbons (Fsp3) is 0.0698. The first kappa shape index (κ1) is 42.9. The van der Waals surface area contributed by atoms with Gasteiger partial charge in [-0.1, -0.05) is 89.5 Å². The molecule has 7 aromatic carbocycles. The van der Waals surface area contributed by atoms with E-state index in [9.17, 15) is 25.9 Å². The molecule has 3 N–H and O–H groups in total. The summed E-state index contributed by atoms with van der Waals surface area (Å²) in [5.41, 5.74) is 6.66. The van der Waals surface area contributed by atoms with Gasteiger partial charge in [0.2, 0.25) is 0 Å². The molecule has 318 valence electrons. The van der Waals surface area contributed by atoms with Crippen molar-refractivity contribution in [1.82, 2.24) is 30.0 Å². The molecule has 63 heavy (non-hydrogen) atoms. The summed E-state index contributed by atoms with van der Waals surface area (Å²) >= 11 is 0.762. The number of aryl methyl sites for hydroxylation is 2. The van der Waals surface area contributed by atoms with E-state index in [2.05, 4.69) is 71.2 Å². The predicted molar refractivity (Wildman–Crippen MR) is 238 cm³/mol. The highest BCUT2D eigenvalue weighted by Crippen LogP contribution is 2.34. The molecule has 0 atom stereocenters. The lowest BCUT2D eigenvalue weighted by Crippen LogP contribution is -2.05. The highest BCUT2D eigenvalue weighted by Gasteiger charge is 2.20. The Bertz CT molecular complexity index is 3500. The largest absolute Gasteiger partial charge is 0.295 e. The fourth-order valence-electron chi connectivity index (χ4n) is 6.85. The van der Waals surface area contributed by atoms with Crippen molar-refractivity contribution in [3.8, 4) is 11.4 Å². The lowest BCUT2D eigenvalue weighted by atomic mass is 10.1. The molecule has 9 rings (SSSR count). The Morgan fingerprint density at radius 1 is 0.619 bits per heavy atom. The highest BCUT2D eigenvalue weighted by atomic mass is 32.2. The van der Waals surface area contributed by atoms with Gasteiger partial charge < -0.3 is 0 Å². The van der Waals surface area contributed by atoms with Gasteiger partial charge in [-0.15, -0.1) is 24.7 Å². The van der Waals surface area contributed by atoms with Crippen LogP contribution in [0.3, 0.4) is 0 Å². The van der Waals surface area contributed by atoms with Gasteiger partial charge in [-0.2, -0.15) is 36.7 Å². The van der Waals surface area contributed by atoms with E-state index in [1.165, 1.54) is 58.2 Å². The summed E-state index contributed by atoms with van der Waals surface area (Å²) in [5.74, 6) is 0. The van der Waals surface area contributed by atoms with Gasteiger partial charge in [-0.25, -0.2) is 5.26 Å². The van der Waals surface area contributed by atoms with Gasteiger partial charge in [0.1, 0.15) is 31.9 Å². The molecule has 0 bridgehead atoms. The minimum absolute atomic E-state index is 0.0510. The van der Waals surface area contributed by atoms with Gasteiger partial charge in [0.25, 0.3) is 20.2 Å². The zero-order chi connectivity index (χ0) is 44.5. The van der Waals surface area contributed by atoms with E-state index in [1.54, 1.807) is 37.0 Å². The number of hydrogen-bond acceptors (Lipinski definition) is 14. The van der Waals surface area contributed by atoms with Crippen LogP contribution in [0.25, 0.3) is 67.1 Å². The summed E-state index contributed by atoms with van der Waals surface area (Å²) in [5, 5.41) is 42.0. The van der Waals surface area contributed by atoms with E-state index in [0.717, 1.165) is 45.2 Å². The third-order valence-corrected chi connectivity index (χ3v) is 12.2. The summed E-state index contributed by atoms with van der Waals surface area (Å²) in [4.78, 5) is 2.62. The number of fused-ring (bicyclic) bond motifs is 6. The Labute approximate surface area is 363 Å². The average molecular weight is 903 g/mol. The van der Waals surface area contributed by atoms with Crippen LogP contribution in [-0.4, -0.2) is 68.2 Å². The van der Waals surface area contributed by atoms with Gasteiger partial charge in [0.15, 0.2) is 0 Å². The number of nitrogens with zero attached hydrogens (tertiary/aromatic N) is 8. The molecule has 2 aromatic heterocycles. The molecule has 20 heteroatoms. The predicted octanol–water partition coefficient (Wildman–Crippen LogP) is 9.57. The number of azo groups is 1. The molecule has 0 radical (unpaired) electrons. The van der Waals surface area contributed by atoms with Gasteiger partial charge >= 0.3 is 0 Å². The first-order valence-electron chi connectivity index (χ1n) is 18.7. The number of aromatic nitrogens is 6. The van der Waals surface area contributed by atoms with Crippen molar-refractivity contribution in [2.24, 2.45) is 10.2 Å². The molecule has 0 saturated carbocycles. The Kier molecular flexibility index (Phi) is 12.0. The van der Waals surface area contributed by atoms with Crippen LogP contribution in [0.2, 0.25) is 0 Å². The molecule has 0 saturated heterocycles. The Morgan fingerprint density at radius 2 is 1.21 bits per heavy atom. The van der Waals surface area contributed by atoms with E-state index < -0.39 is 25.1 Å². The van der Waals surface area contributed by atoms with Crippen LogP contribution in [0.4, 0.5) is 5.69 Å². The lowest BCUT2D eigenvalue weighted by Gasteiger charge is -2.07. The van der Waals surface area contributed by atoms with Gasteiger partial charge in [0, 0.05) is 28.1 Å². The normalized spacial score (nSPS) is 12.3. The van der Waals surface area contributed by atoms with E-state index in [1.807, 2.05) is 48.5 Å². The average Bonchev–Trinajstić information content (AvgIpc) is 3.90. The zero-order valence-electron chi connectivity index (χ0n) is 33.3. The maximum atomic E-state index is 12.3. The number of benzene rings is 7. The standard InChI is InChI=1S/C25H19N3O9S3.C18H15N5/c1-15-6-7-16(23(12-15)39(30,31)32)8-9-17-10-11-18(13-24(17)40(33,34)35)28-26-21-14-22(38-37-36-29)19-4-2-3-5-20(19)25(21)27-28;1-12-3-9-16-13(11-12)4-10-17-18(16)22-23(21-17)15-7-5-14(6-8-15)20-19-2/h2-14,29H,1H3,(H,30,31,32)(H,33,34,35);3-11H,1-2H3. The first-order chi connectivity index (χ1) is 30.2. The zero-order valence-corrected chi connectivity index (χ0v) is 35.7. The third kappa shape index (κ3) is 9.23. The van der Waals surface area contributed by atoms with Crippen LogP contribution < -0.4 is 0 Å². The van der Waals surface area contributed by atoms with Gasteiger partial charge in [-0.3, -0.25) is 9.11 Å². The minimum Gasteiger partial charge on any atom is -0.282 e. The van der Waals surface area contributed by atoms with Crippen molar-refractivity contribution in [3.05, 3.63) is 144 Å². The molecule has 0 aliphatic heterocycles. The lowest BCUT2D eigenvalue weighted by molar-refractivity contribution is -0.432.